The predicted octanol–water partition coefficient (Wildman–Crippen LogP) is 0.558. The topological polar surface area (TPSA) is 145 Å². The van der Waals surface area contributed by atoms with Crippen molar-refractivity contribution in [1.29, 1.82) is 0 Å². The van der Waals surface area contributed by atoms with Crippen LogP contribution in [0.3, 0.4) is 0 Å². The molecule has 1 aromatic rings. The first-order chi connectivity index (χ1) is 16.6. The minimum atomic E-state index is -1.32. The summed E-state index contributed by atoms with van der Waals surface area (Å²) >= 11 is 0. The molecular weight excluding hydrogens is 452 g/mol. The normalized spacial score (nSPS) is 27.8. The second kappa shape index (κ2) is 9.67. The van der Waals surface area contributed by atoms with Crippen molar-refractivity contribution in [3.63, 3.8) is 0 Å². The lowest BCUT2D eigenvalue weighted by Gasteiger charge is -2.33. The van der Waals surface area contributed by atoms with Gasteiger partial charge in [-0.05, 0) is 35.7 Å². The highest BCUT2D eigenvalue weighted by Crippen LogP contribution is 2.64. The van der Waals surface area contributed by atoms with Crippen LogP contribution in [0.2, 0.25) is 0 Å². The van der Waals surface area contributed by atoms with Gasteiger partial charge in [0.2, 0.25) is 17.7 Å². The first kappa shape index (κ1) is 24.7. The van der Waals surface area contributed by atoms with Gasteiger partial charge in [0.15, 0.2) is 0 Å². The van der Waals surface area contributed by atoms with Crippen LogP contribution in [0, 0.1) is 23.2 Å². The molecule has 1 aliphatic carbocycles. The van der Waals surface area contributed by atoms with Crippen molar-refractivity contribution < 1.29 is 29.1 Å². The molecule has 10 heteroatoms. The Morgan fingerprint density at radius 1 is 1.23 bits per heavy atom. The zero-order chi connectivity index (χ0) is 25.3. The lowest BCUT2D eigenvalue weighted by molar-refractivity contribution is -0.142. The van der Waals surface area contributed by atoms with Crippen molar-refractivity contribution in [3.05, 3.63) is 35.9 Å². The number of benzene rings is 1. The smallest absolute Gasteiger partial charge is 0.405 e. The third-order valence-corrected chi connectivity index (χ3v) is 7.83. The quantitative estimate of drug-likeness (QED) is 0.377. The van der Waals surface area contributed by atoms with E-state index in [2.05, 4.69) is 16.0 Å². The van der Waals surface area contributed by atoms with Crippen molar-refractivity contribution in [2.45, 2.75) is 51.2 Å². The van der Waals surface area contributed by atoms with E-state index < -0.39 is 36.0 Å². The molecule has 2 heterocycles. The molecule has 0 aromatic heterocycles. The third kappa shape index (κ3) is 5.01. The maximum atomic E-state index is 13.6. The number of likely N-dealkylation sites (tertiary alicyclic amines) is 1. The number of hydrogen-bond acceptors (Lipinski definition) is 5. The average molecular weight is 485 g/mol. The van der Waals surface area contributed by atoms with E-state index in [1.165, 1.54) is 4.90 Å². The van der Waals surface area contributed by atoms with E-state index in [0.29, 0.717) is 25.8 Å². The van der Waals surface area contributed by atoms with Gasteiger partial charge in [0.1, 0.15) is 18.4 Å². The Hall–Kier alpha value is -3.43. The number of fused-ring (bicyclic) bond motifs is 1. The van der Waals surface area contributed by atoms with E-state index in [0.717, 1.165) is 5.56 Å². The fourth-order valence-corrected chi connectivity index (χ4v) is 5.81. The molecule has 10 nitrogen and oxygen atoms in total. The van der Waals surface area contributed by atoms with Gasteiger partial charge in [-0.3, -0.25) is 14.4 Å². The maximum Gasteiger partial charge on any atom is 0.405 e. The number of nitrogens with zero attached hydrogens (tertiary/aromatic N) is 1. The van der Waals surface area contributed by atoms with Crippen LogP contribution in [-0.2, 0) is 25.6 Å². The van der Waals surface area contributed by atoms with Gasteiger partial charge in [0.25, 0.3) is 0 Å². The van der Waals surface area contributed by atoms with Gasteiger partial charge in [-0.15, -0.1) is 0 Å². The van der Waals surface area contributed by atoms with Crippen LogP contribution in [0.1, 0.15) is 32.3 Å². The van der Waals surface area contributed by atoms with E-state index in [1.807, 2.05) is 44.2 Å². The van der Waals surface area contributed by atoms with Gasteiger partial charge >= 0.3 is 6.09 Å². The first-order valence-corrected chi connectivity index (χ1v) is 12.0. The summed E-state index contributed by atoms with van der Waals surface area (Å²) < 4.78 is 0. The molecule has 1 aromatic carbocycles. The van der Waals surface area contributed by atoms with Gasteiger partial charge in [-0.2, -0.15) is 0 Å². The van der Waals surface area contributed by atoms with Crippen LogP contribution < -0.4 is 16.0 Å². The average Bonchev–Trinajstić information content (AvgIpc) is 3.17. The number of nitrogens with one attached hydrogen (secondary N) is 3. The number of carboxylic acid groups (broad SMARTS) is 1. The van der Waals surface area contributed by atoms with Gasteiger partial charge in [0.05, 0.1) is 6.04 Å². The SMILES string of the molecule is CC1(C)[C@@H]2[C@@H](C(=O)NC(C=O)CC3CCNC3=O)N(C(=O)C(Cc3ccccc3)NC(=O)O)C[C@@H]21. The molecule has 6 atom stereocenters. The summed E-state index contributed by atoms with van der Waals surface area (Å²) in [7, 11) is 0. The largest absolute Gasteiger partial charge is 0.465 e. The van der Waals surface area contributed by atoms with Gasteiger partial charge in [-0.25, -0.2) is 4.79 Å². The van der Waals surface area contributed by atoms with Gasteiger partial charge in [-0.1, -0.05) is 44.2 Å². The standard InChI is InChI=1S/C25H32N4O6/c1-25(2)17-12-29(23(33)18(28-24(34)35)10-14-6-4-3-5-7-14)20(19(17)25)22(32)27-16(13-30)11-15-8-9-26-21(15)31/h3-7,13,15-20,28H,8-12H2,1-2H3,(H,26,31)(H,27,32)(H,34,35)/t15?,16?,17-,18?,19-,20-/m0/s1. The predicted molar refractivity (Wildman–Crippen MR) is 125 cm³/mol. The van der Waals surface area contributed by atoms with Crippen LogP contribution in [0.25, 0.3) is 0 Å². The Kier molecular flexibility index (Phi) is 6.82. The molecule has 4 rings (SSSR count). The molecule has 2 saturated heterocycles. The lowest BCUT2D eigenvalue weighted by atomic mass is 9.96. The van der Waals surface area contributed by atoms with Gasteiger partial charge in [0, 0.05) is 25.4 Å². The highest BCUT2D eigenvalue weighted by atomic mass is 16.4. The number of hydrogen-bond donors (Lipinski definition) is 4. The third-order valence-electron chi connectivity index (χ3n) is 7.83. The molecule has 0 radical (unpaired) electrons. The Bertz CT molecular complexity index is 1010. The molecule has 3 fully saturated rings. The number of carbonyl (C=O) groups excluding carboxylic acids is 4. The molecule has 4 N–H and O–H groups in total. The van der Waals surface area contributed by atoms with Crippen LogP contribution in [0.15, 0.2) is 30.3 Å². The zero-order valence-corrected chi connectivity index (χ0v) is 19.9. The summed E-state index contributed by atoms with van der Waals surface area (Å²) in [5, 5.41) is 17.1. The molecule has 0 spiro atoms. The van der Waals surface area contributed by atoms with Crippen LogP contribution >= 0.6 is 0 Å². The molecular formula is C25H32N4O6. The summed E-state index contributed by atoms with van der Waals surface area (Å²) in [4.78, 5) is 63.5. The van der Waals surface area contributed by atoms with Crippen LogP contribution in [0.5, 0.6) is 0 Å². The van der Waals surface area contributed by atoms with Crippen molar-refractivity contribution in [2.75, 3.05) is 13.1 Å². The van der Waals surface area contributed by atoms with Crippen LogP contribution in [0.4, 0.5) is 4.79 Å². The monoisotopic (exact) mass is 484 g/mol. The zero-order valence-electron chi connectivity index (χ0n) is 19.9. The van der Waals surface area contributed by atoms with E-state index in [1.54, 1.807) is 0 Å². The maximum absolute atomic E-state index is 13.6. The van der Waals surface area contributed by atoms with Crippen molar-refractivity contribution in [3.8, 4) is 0 Å². The van der Waals surface area contributed by atoms with Crippen LogP contribution in [-0.4, -0.2) is 71.3 Å². The van der Waals surface area contributed by atoms with E-state index in [4.69, 9.17) is 0 Å². The second-order valence-electron chi connectivity index (χ2n) is 10.3. The molecule has 0 bridgehead atoms. The molecule has 35 heavy (non-hydrogen) atoms. The number of aldehydes is 1. The summed E-state index contributed by atoms with van der Waals surface area (Å²) in [5.41, 5.74) is 0.650. The fraction of sp³-hybridized carbons (Fsp3) is 0.560. The number of amides is 4. The molecule has 2 aliphatic heterocycles. The number of carbonyl (C=O) groups is 5. The Balaban J connectivity index is 1.51. The second-order valence-corrected chi connectivity index (χ2v) is 10.3. The summed E-state index contributed by atoms with van der Waals surface area (Å²) in [6, 6.07) is 6.38. The van der Waals surface area contributed by atoms with Crippen molar-refractivity contribution in [2.24, 2.45) is 23.2 Å². The number of piperidine rings is 1. The summed E-state index contributed by atoms with van der Waals surface area (Å²) in [5.74, 6) is -1.35. The molecule has 3 unspecified atom stereocenters. The fourth-order valence-electron chi connectivity index (χ4n) is 5.81. The minimum absolute atomic E-state index is 0.0873. The van der Waals surface area contributed by atoms with Crippen molar-refractivity contribution in [1.82, 2.24) is 20.9 Å². The summed E-state index contributed by atoms with van der Waals surface area (Å²) in [6.45, 7) is 4.98. The van der Waals surface area contributed by atoms with E-state index in [9.17, 15) is 29.1 Å². The minimum Gasteiger partial charge on any atom is -0.465 e. The molecule has 3 aliphatic rings. The van der Waals surface area contributed by atoms with E-state index >= 15 is 0 Å². The first-order valence-electron chi connectivity index (χ1n) is 12.0. The number of rotatable bonds is 9. The summed E-state index contributed by atoms with van der Waals surface area (Å²) in [6.07, 6.45) is 0.275. The molecule has 188 valence electrons. The van der Waals surface area contributed by atoms with Crippen molar-refractivity contribution >= 4 is 30.1 Å². The molecule has 1 saturated carbocycles. The lowest BCUT2D eigenvalue weighted by Crippen LogP contribution is -2.57. The highest BCUT2D eigenvalue weighted by Gasteiger charge is 2.69. The highest BCUT2D eigenvalue weighted by molar-refractivity contribution is 5.94. The van der Waals surface area contributed by atoms with Gasteiger partial charge < -0.3 is 30.8 Å². The Morgan fingerprint density at radius 2 is 1.94 bits per heavy atom. The van der Waals surface area contributed by atoms with E-state index in [-0.39, 0.29) is 41.9 Å². The Labute approximate surface area is 203 Å². The Morgan fingerprint density at radius 3 is 2.54 bits per heavy atom. The molecule has 4 amide bonds.